The first-order valence-electron chi connectivity index (χ1n) is 16.7. The van der Waals surface area contributed by atoms with Crippen LogP contribution in [0, 0.1) is 12.8 Å². The van der Waals surface area contributed by atoms with E-state index in [9.17, 15) is 24.0 Å². The van der Waals surface area contributed by atoms with Gasteiger partial charge in [-0.05, 0) is 90.1 Å². The molecule has 0 bridgehead atoms. The standard InChI is InChI=1S/C37H52N4O8/c1-24-14-16-29(47-23-27-21-41(22-27)35(46)49-37(6,7)8)18-28(24)20-38-33(44)30(17-15-26-12-10-9-11-13-26)40-34(45)31(39-25(2)42)19-32(43)48-36(3,4)5/h9-14,16,18,27,30-31H,15,17,19-23H2,1-8H3,(H,38,44)(H,39,42)(H,40,45)/t30-,31-/m0/s1. The van der Waals surface area contributed by atoms with Crippen molar-refractivity contribution in [2.75, 3.05) is 19.7 Å². The van der Waals surface area contributed by atoms with Crippen LogP contribution < -0.4 is 20.7 Å². The Morgan fingerprint density at radius 3 is 2.12 bits per heavy atom. The van der Waals surface area contributed by atoms with Gasteiger partial charge in [-0.2, -0.15) is 0 Å². The van der Waals surface area contributed by atoms with Gasteiger partial charge in [0.2, 0.25) is 17.7 Å². The number of benzene rings is 2. The van der Waals surface area contributed by atoms with Gasteiger partial charge in [0.25, 0.3) is 0 Å². The van der Waals surface area contributed by atoms with Crippen molar-refractivity contribution in [3.8, 4) is 5.75 Å². The number of hydrogen-bond donors (Lipinski definition) is 3. The maximum Gasteiger partial charge on any atom is 0.410 e. The molecule has 0 aromatic heterocycles. The van der Waals surface area contributed by atoms with Crippen molar-refractivity contribution in [3.05, 3.63) is 65.2 Å². The Balaban J connectivity index is 1.64. The zero-order chi connectivity index (χ0) is 36.4. The maximum atomic E-state index is 13.6. The van der Waals surface area contributed by atoms with Crippen molar-refractivity contribution in [1.29, 1.82) is 0 Å². The van der Waals surface area contributed by atoms with Gasteiger partial charge in [0, 0.05) is 32.5 Å². The van der Waals surface area contributed by atoms with Gasteiger partial charge in [-0.25, -0.2) is 4.79 Å². The summed E-state index contributed by atoms with van der Waals surface area (Å²) in [6.07, 6.45) is 0.0704. The molecule has 4 amide bonds. The summed E-state index contributed by atoms with van der Waals surface area (Å²) in [6, 6.07) is 13.0. The average molecular weight is 681 g/mol. The second-order valence-corrected chi connectivity index (χ2v) is 14.5. The average Bonchev–Trinajstić information content (AvgIpc) is 2.96. The van der Waals surface area contributed by atoms with Crippen molar-refractivity contribution in [2.24, 2.45) is 5.92 Å². The number of likely N-dealkylation sites (tertiary alicyclic amines) is 1. The normalized spacial score (nSPS) is 14.5. The van der Waals surface area contributed by atoms with Crippen LogP contribution in [0.3, 0.4) is 0 Å². The highest BCUT2D eigenvalue weighted by atomic mass is 16.6. The molecular weight excluding hydrogens is 628 g/mol. The summed E-state index contributed by atoms with van der Waals surface area (Å²) in [5.41, 5.74) is 1.46. The largest absolute Gasteiger partial charge is 0.493 e. The zero-order valence-electron chi connectivity index (χ0n) is 30.0. The predicted molar refractivity (Wildman–Crippen MR) is 185 cm³/mol. The third-order valence-electron chi connectivity index (χ3n) is 7.55. The third-order valence-corrected chi connectivity index (χ3v) is 7.55. The van der Waals surface area contributed by atoms with Crippen LogP contribution in [0.1, 0.15) is 78.0 Å². The van der Waals surface area contributed by atoms with Gasteiger partial charge in [-0.3, -0.25) is 19.2 Å². The lowest BCUT2D eigenvalue weighted by molar-refractivity contribution is -0.156. The fourth-order valence-corrected chi connectivity index (χ4v) is 5.10. The summed E-state index contributed by atoms with van der Waals surface area (Å²) < 4.78 is 16.8. The smallest absolute Gasteiger partial charge is 0.410 e. The van der Waals surface area contributed by atoms with Gasteiger partial charge in [-0.1, -0.05) is 36.4 Å². The number of carbonyl (C=O) groups is 5. The Labute approximate surface area is 289 Å². The number of hydrogen-bond acceptors (Lipinski definition) is 8. The number of carbonyl (C=O) groups excluding carboxylic acids is 5. The molecule has 12 nitrogen and oxygen atoms in total. The lowest BCUT2D eigenvalue weighted by Gasteiger charge is -2.39. The molecule has 0 unspecified atom stereocenters. The molecule has 0 spiro atoms. The lowest BCUT2D eigenvalue weighted by Crippen LogP contribution is -2.54. The molecule has 2 aromatic rings. The van der Waals surface area contributed by atoms with Crippen LogP contribution in [-0.2, 0) is 41.6 Å². The Morgan fingerprint density at radius 2 is 1.51 bits per heavy atom. The molecule has 0 aliphatic carbocycles. The number of nitrogens with zero attached hydrogens (tertiary/aromatic N) is 1. The minimum absolute atomic E-state index is 0.183. The van der Waals surface area contributed by atoms with Gasteiger partial charge in [0.1, 0.15) is 29.0 Å². The summed E-state index contributed by atoms with van der Waals surface area (Å²) in [6.45, 7) is 15.5. The molecule has 2 atom stereocenters. The van der Waals surface area contributed by atoms with Crippen molar-refractivity contribution in [2.45, 2.75) is 104 Å². The minimum Gasteiger partial charge on any atom is -0.493 e. The fraction of sp³-hybridized carbons (Fsp3) is 0.541. The quantitative estimate of drug-likeness (QED) is 0.251. The predicted octanol–water partition coefficient (Wildman–Crippen LogP) is 4.21. The third kappa shape index (κ3) is 13.8. The van der Waals surface area contributed by atoms with Crippen molar-refractivity contribution in [3.63, 3.8) is 0 Å². The van der Waals surface area contributed by atoms with Crippen molar-refractivity contribution < 1.29 is 38.2 Å². The summed E-state index contributed by atoms with van der Waals surface area (Å²) >= 11 is 0. The van der Waals surface area contributed by atoms with E-state index in [1.807, 2.05) is 76.2 Å². The molecule has 1 fully saturated rings. The fourth-order valence-electron chi connectivity index (χ4n) is 5.10. The topological polar surface area (TPSA) is 152 Å². The highest BCUT2D eigenvalue weighted by Crippen LogP contribution is 2.23. The Bertz CT molecular complexity index is 1460. The molecule has 3 N–H and O–H groups in total. The highest BCUT2D eigenvalue weighted by molar-refractivity contribution is 5.94. The molecular formula is C37H52N4O8. The van der Waals surface area contributed by atoms with Gasteiger partial charge in [0.15, 0.2) is 0 Å². The monoisotopic (exact) mass is 680 g/mol. The Hall–Kier alpha value is -4.61. The molecule has 0 saturated carbocycles. The van der Waals surface area contributed by atoms with Crippen LogP contribution in [0.25, 0.3) is 0 Å². The van der Waals surface area contributed by atoms with E-state index >= 15 is 0 Å². The minimum atomic E-state index is -1.22. The molecule has 0 radical (unpaired) electrons. The van der Waals surface area contributed by atoms with Crippen LogP contribution >= 0.6 is 0 Å². The molecule has 2 aromatic carbocycles. The van der Waals surface area contributed by atoms with Crippen LogP contribution in [0.4, 0.5) is 4.79 Å². The molecule has 3 rings (SSSR count). The van der Waals surface area contributed by atoms with E-state index < -0.39 is 47.0 Å². The molecule has 268 valence electrons. The molecule has 12 heteroatoms. The van der Waals surface area contributed by atoms with Gasteiger partial charge < -0.3 is 35.1 Å². The van der Waals surface area contributed by atoms with E-state index in [0.29, 0.717) is 31.9 Å². The lowest BCUT2D eigenvalue weighted by atomic mass is 10.0. The molecule has 1 saturated heterocycles. The van der Waals surface area contributed by atoms with Crippen LogP contribution in [0.2, 0.25) is 0 Å². The number of amides is 4. The SMILES string of the molecule is CC(=O)N[C@@H](CC(=O)OC(C)(C)C)C(=O)N[C@@H](CCc1ccccc1)C(=O)NCc1cc(OCC2CN(C(=O)OC(C)(C)C)C2)ccc1C. The number of ether oxygens (including phenoxy) is 3. The van der Waals surface area contributed by atoms with Crippen LogP contribution in [-0.4, -0.2) is 77.7 Å². The highest BCUT2D eigenvalue weighted by Gasteiger charge is 2.34. The Kier molecular flexibility index (Phi) is 13.6. The van der Waals surface area contributed by atoms with Crippen molar-refractivity contribution >= 4 is 29.8 Å². The number of rotatable bonds is 14. The van der Waals surface area contributed by atoms with E-state index in [-0.39, 0.29) is 31.4 Å². The molecule has 1 aliphatic rings. The summed E-state index contributed by atoms with van der Waals surface area (Å²) in [4.78, 5) is 65.3. The number of aryl methyl sites for hydroxylation is 2. The van der Waals surface area contributed by atoms with Gasteiger partial charge in [-0.15, -0.1) is 0 Å². The Morgan fingerprint density at radius 1 is 0.857 bits per heavy atom. The van der Waals surface area contributed by atoms with E-state index in [1.54, 1.807) is 25.7 Å². The number of esters is 1. The summed E-state index contributed by atoms with van der Waals surface area (Å²) in [7, 11) is 0. The molecule has 1 aliphatic heterocycles. The van der Waals surface area contributed by atoms with E-state index in [2.05, 4.69) is 16.0 Å². The van der Waals surface area contributed by atoms with Crippen LogP contribution in [0.15, 0.2) is 48.5 Å². The first-order valence-corrected chi connectivity index (χ1v) is 16.7. The van der Waals surface area contributed by atoms with Gasteiger partial charge in [0.05, 0.1) is 13.0 Å². The molecule has 49 heavy (non-hydrogen) atoms. The second-order valence-electron chi connectivity index (χ2n) is 14.5. The van der Waals surface area contributed by atoms with E-state index in [4.69, 9.17) is 14.2 Å². The summed E-state index contributed by atoms with van der Waals surface area (Å²) in [5, 5.41) is 8.20. The van der Waals surface area contributed by atoms with Crippen LogP contribution in [0.5, 0.6) is 5.75 Å². The zero-order valence-corrected chi connectivity index (χ0v) is 30.0. The van der Waals surface area contributed by atoms with Gasteiger partial charge >= 0.3 is 12.1 Å². The second kappa shape index (κ2) is 17.2. The first-order chi connectivity index (χ1) is 22.9. The first kappa shape index (κ1) is 38.8. The number of nitrogens with one attached hydrogen (secondary N) is 3. The summed E-state index contributed by atoms with van der Waals surface area (Å²) in [5.74, 6) is -1.40. The van der Waals surface area contributed by atoms with Crippen molar-refractivity contribution in [1.82, 2.24) is 20.9 Å². The van der Waals surface area contributed by atoms with E-state index in [0.717, 1.165) is 16.7 Å². The molecule has 1 heterocycles. The van der Waals surface area contributed by atoms with E-state index in [1.165, 1.54) is 6.92 Å². The maximum absolute atomic E-state index is 13.6.